The lowest BCUT2D eigenvalue weighted by Crippen LogP contribution is -2.46. The number of alkyl halides is 3. The van der Waals surface area contributed by atoms with E-state index < -0.39 is 21.8 Å². The summed E-state index contributed by atoms with van der Waals surface area (Å²) >= 11 is 0. The van der Waals surface area contributed by atoms with Crippen LogP contribution in [-0.4, -0.2) is 69.1 Å². The van der Waals surface area contributed by atoms with Crippen molar-refractivity contribution >= 4 is 21.7 Å². The number of hydrogen-bond acceptors (Lipinski definition) is 7. The zero-order valence-corrected chi connectivity index (χ0v) is 22.9. The number of pyridine rings is 2. The van der Waals surface area contributed by atoms with Gasteiger partial charge in [0.15, 0.2) is 5.03 Å². The topological polar surface area (TPSA) is 90.5 Å². The third-order valence-electron chi connectivity index (χ3n) is 7.29. The van der Waals surface area contributed by atoms with Crippen LogP contribution in [0.15, 0.2) is 59.6 Å². The average Bonchev–Trinajstić information content (AvgIpc) is 2.94. The van der Waals surface area contributed by atoms with E-state index in [2.05, 4.69) is 29.8 Å². The molecule has 40 heavy (non-hydrogen) atoms. The molecule has 8 nitrogen and oxygen atoms in total. The molecule has 0 saturated carbocycles. The number of aromatic nitrogens is 2. The minimum absolute atomic E-state index is 0.201. The fourth-order valence-corrected chi connectivity index (χ4v) is 6.14. The average molecular weight is 575 g/mol. The lowest BCUT2D eigenvalue weighted by atomic mass is 9.96. The van der Waals surface area contributed by atoms with E-state index in [-0.39, 0.29) is 16.5 Å². The van der Waals surface area contributed by atoms with Crippen molar-refractivity contribution in [2.75, 3.05) is 55.4 Å². The highest BCUT2D eigenvalue weighted by Gasteiger charge is 2.35. The highest BCUT2D eigenvalue weighted by molar-refractivity contribution is 7.92. The number of benzene rings is 1. The summed E-state index contributed by atoms with van der Waals surface area (Å²) in [4.78, 5) is 13.1. The number of sulfonamides is 1. The van der Waals surface area contributed by atoms with E-state index in [1.54, 1.807) is 30.3 Å². The SMILES string of the molecule is O=S1(=O)Nc2ccc(C(F)(F)F)c(n2)-c2ccccc2CCCCCN(CCN2CCNCC2)c2cccc1n2. The van der Waals surface area contributed by atoms with Crippen molar-refractivity contribution in [3.8, 4) is 11.3 Å². The van der Waals surface area contributed by atoms with Crippen molar-refractivity contribution in [1.29, 1.82) is 0 Å². The zero-order chi connectivity index (χ0) is 28.2. The maximum Gasteiger partial charge on any atom is 0.418 e. The summed E-state index contributed by atoms with van der Waals surface area (Å²) in [7, 11) is -4.22. The van der Waals surface area contributed by atoms with Crippen LogP contribution in [-0.2, 0) is 22.6 Å². The van der Waals surface area contributed by atoms with Crippen molar-refractivity contribution in [3.63, 3.8) is 0 Å². The van der Waals surface area contributed by atoms with Crippen LogP contribution in [0.1, 0.15) is 30.4 Å². The molecule has 2 N–H and O–H groups in total. The quantitative estimate of drug-likeness (QED) is 0.479. The molecule has 5 rings (SSSR count). The fraction of sp³-hybridized carbons (Fsp3) is 0.429. The first-order valence-corrected chi connectivity index (χ1v) is 15.0. The third-order valence-corrected chi connectivity index (χ3v) is 8.55. The molecule has 12 heteroatoms. The van der Waals surface area contributed by atoms with Gasteiger partial charge in [-0.1, -0.05) is 36.8 Å². The van der Waals surface area contributed by atoms with Gasteiger partial charge >= 0.3 is 6.18 Å². The first-order valence-electron chi connectivity index (χ1n) is 13.6. The maximum atomic E-state index is 14.0. The Balaban J connectivity index is 1.52. The van der Waals surface area contributed by atoms with Crippen molar-refractivity contribution in [2.45, 2.75) is 36.9 Å². The molecule has 1 saturated heterocycles. The van der Waals surface area contributed by atoms with Gasteiger partial charge in [0, 0.05) is 51.4 Å². The van der Waals surface area contributed by atoms with E-state index in [0.717, 1.165) is 69.7 Å². The monoisotopic (exact) mass is 574 g/mol. The Morgan fingerprint density at radius 2 is 1.65 bits per heavy atom. The molecule has 0 atom stereocenters. The van der Waals surface area contributed by atoms with Crippen LogP contribution in [0.3, 0.4) is 0 Å². The second-order valence-electron chi connectivity index (χ2n) is 10.1. The predicted molar refractivity (Wildman–Crippen MR) is 149 cm³/mol. The van der Waals surface area contributed by atoms with Crippen LogP contribution in [0.2, 0.25) is 0 Å². The lowest BCUT2D eigenvalue weighted by molar-refractivity contribution is -0.137. The molecule has 1 aromatic carbocycles. The largest absolute Gasteiger partial charge is 0.418 e. The van der Waals surface area contributed by atoms with Gasteiger partial charge in [-0.25, -0.2) is 9.97 Å². The standard InChI is InChI=1S/C28H33F3N6O2S/c29-28(30,31)23-12-13-24-33-27(23)22-9-4-3-8-21(22)7-2-1-5-16-37(20-19-36-17-14-32-15-18-36)25-10-6-11-26(34-25)40(38,39)35-24/h3-4,6,8-13,32H,1-2,5,7,14-20H2,(H,33,35). The molecule has 0 spiro atoms. The molecule has 3 aromatic rings. The van der Waals surface area contributed by atoms with E-state index in [1.807, 2.05) is 6.07 Å². The van der Waals surface area contributed by atoms with Gasteiger partial charge in [-0.2, -0.15) is 21.6 Å². The number of anilines is 2. The Morgan fingerprint density at radius 1 is 0.850 bits per heavy atom. The van der Waals surface area contributed by atoms with E-state index >= 15 is 0 Å². The smallest absolute Gasteiger partial charge is 0.355 e. The second kappa shape index (κ2) is 12.1. The molecule has 0 radical (unpaired) electrons. The normalized spacial score (nSPS) is 18.5. The van der Waals surface area contributed by atoms with Crippen LogP contribution in [0.5, 0.6) is 0 Å². The van der Waals surface area contributed by atoms with Crippen molar-refractivity contribution in [1.82, 2.24) is 20.2 Å². The number of aryl methyl sites for hydroxylation is 1. The highest BCUT2D eigenvalue weighted by Crippen LogP contribution is 2.38. The number of piperazine rings is 1. The Bertz CT molecular complexity index is 1430. The van der Waals surface area contributed by atoms with E-state index in [0.29, 0.717) is 30.9 Å². The summed E-state index contributed by atoms with van der Waals surface area (Å²) in [6.07, 6.45) is -1.58. The summed E-state index contributed by atoms with van der Waals surface area (Å²) in [5, 5.41) is 3.14. The minimum Gasteiger partial charge on any atom is -0.355 e. The summed E-state index contributed by atoms with van der Waals surface area (Å²) in [6.45, 7) is 6.04. The van der Waals surface area contributed by atoms with Gasteiger partial charge in [0.1, 0.15) is 11.6 Å². The van der Waals surface area contributed by atoms with Crippen molar-refractivity contribution < 1.29 is 21.6 Å². The van der Waals surface area contributed by atoms with Gasteiger partial charge in [0.05, 0.1) is 11.3 Å². The number of hydrogen-bond donors (Lipinski definition) is 2. The summed E-state index contributed by atoms with van der Waals surface area (Å²) in [5.41, 5.74) is -0.115. The van der Waals surface area contributed by atoms with Crippen molar-refractivity contribution in [2.24, 2.45) is 0 Å². The minimum atomic E-state index is -4.66. The number of nitrogens with one attached hydrogen (secondary N) is 2. The number of halogens is 3. The van der Waals surface area contributed by atoms with Crippen LogP contribution in [0.25, 0.3) is 11.3 Å². The molecular weight excluding hydrogens is 541 g/mol. The number of rotatable bonds is 3. The Hall–Kier alpha value is -3.22. The first kappa shape index (κ1) is 28.3. The van der Waals surface area contributed by atoms with E-state index in [1.165, 1.54) is 6.07 Å². The lowest BCUT2D eigenvalue weighted by Gasteiger charge is -2.31. The van der Waals surface area contributed by atoms with Crippen LogP contribution < -0.4 is 14.9 Å². The zero-order valence-electron chi connectivity index (χ0n) is 22.1. The number of nitrogens with zero attached hydrogens (tertiary/aromatic N) is 4. The summed E-state index contributed by atoms with van der Waals surface area (Å²) in [6, 6.07) is 13.6. The van der Waals surface area contributed by atoms with E-state index in [4.69, 9.17) is 0 Å². The Labute approximate surface area is 232 Å². The van der Waals surface area contributed by atoms with Gasteiger partial charge in [-0.3, -0.25) is 9.62 Å². The fourth-order valence-electron chi connectivity index (χ4n) is 5.17. The first-order chi connectivity index (χ1) is 19.2. The van der Waals surface area contributed by atoms with Gasteiger partial charge in [-0.15, -0.1) is 0 Å². The number of fused-ring (bicyclic) bond motifs is 6. The second-order valence-corrected chi connectivity index (χ2v) is 11.7. The maximum absolute atomic E-state index is 14.0. The van der Waals surface area contributed by atoms with Gasteiger partial charge in [-0.05, 0) is 49.1 Å². The van der Waals surface area contributed by atoms with Gasteiger partial charge in [0.25, 0.3) is 10.0 Å². The van der Waals surface area contributed by atoms with Crippen LogP contribution in [0, 0.1) is 0 Å². The summed E-state index contributed by atoms with van der Waals surface area (Å²) < 4.78 is 71.0. The molecule has 2 aromatic heterocycles. The third kappa shape index (κ3) is 6.73. The Morgan fingerprint density at radius 3 is 2.45 bits per heavy atom. The highest BCUT2D eigenvalue weighted by atomic mass is 32.2. The molecule has 0 unspecified atom stereocenters. The molecule has 4 bridgehead atoms. The molecule has 2 aliphatic rings. The molecule has 1 fully saturated rings. The van der Waals surface area contributed by atoms with E-state index in [9.17, 15) is 21.6 Å². The van der Waals surface area contributed by atoms with Crippen LogP contribution >= 0.6 is 0 Å². The van der Waals surface area contributed by atoms with Gasteiger partial charge in [0.2, 0.25) is 0 Å². The molecule has 0 amide bonds. The molecule has 4 heterocycles. The van der Waals surface area contributed by atoms with Crippen molar-refractivity contribution in [3.05, 3.63) is 65.7 Å². The van der Waals surface area contributed by atoms with Crippen LogP contribution in [0.4, 0.5) is 24.8 Å². The molecular formula is C28H33F3N6O2S. The molecule has 2 aliphatic heterocycles. The predicted octanol–water partition coefficient (Wildman–Crippen LogP) is 4.40. The Kier molecular flexibility index (Phi) is 8.57. The molecule has 0 aliphatic carbocycles. The molecule has 214 valence electrons. The summed E-state index contributed by atoms with van der Waals surface area (Å²) in [5.74, 6) is 0.351. The van der Waals surface area contributed by atoms with Gasteiger partial charge < -0.3 is 10.2 Å².